The van der Waals surface area contributed by atoms with Gasteiger partial charge in [0.05, 0.1) is 35.1 Å². The largest absolute Gasteiger partial charge is 0.490 e. The molecule has 0 radical (unpaired) electrons. The summed E-state index contributed by atoms with van der Waals surface area (Å²) >= 11 is 0. The van der Waals surface area contributed by atoms with Gasteiger partial charge in [-0.25, -0.2) is 0 Å². The topological polar surface area (TPSA) is 69.7 Å². The molecule has 36 heavy (non-hydrogen) atoms. The van der Waals surface area contributed by atoms with E-state index in [1.807, 2.05) is 10.7 Å². The van der Waals surface area contributed by atoms with Crippen LogP contribution in [0.4, 0.5) is 13.2 Å². The molecule has 0 amide bonds. The van der Waals surface area contributed by atoms with Crippen LogP contribution in [0.1, 0.15) is 58.7 Å². The first kappa shape index (κ1) is 26.3. The Hall–Kier alpha value is -2.78. The van der Waals surface area contributed by atoms with Crippen molar-refractivity contribution in [2.75, 3.05) is 13.2 Å². The highest BCUT2D eigenvalue weighted by Gasteiger charge is 2.32. The minimum Gasteiger partial charge on any atom is -0.490 e. The van der Waals surface area contributed by atoms with Crippen molar-refractivity contribution >= 4 is 0 Å². The number of furan rings is 1. The van der Waals surface area contributed by atoms with Crippen molar-refractivity contribution in [3.8, 4) is 28.5 Å². The summed E-state index contributed by atoms with van der Waals surface area (Å²) in [4.78, 5) is 0. The SMILES string of the molecule is CC(C)(O)COc1ccc(C(F)(F)F)cc1-c1ccc(-c2cc(C(C)(C)C)nn2C[C@H]2CCCO2)o1. The van der Waals surface area contributed by atoms with Crippen LogP contribution in [0.5, 0.6) is 5.75 Å². The molecule has 0 unspecified atom stereocenters. The Bertz CT molecular complexity index is 1190. The molecule has 1 aliphatic rings. The Labute approximate surface area is 209 Å². The number of aromatic nitrogens is 2. The fourth-order valence-corrected chi connectivity index (χ4v) is 4.00. The molecule has 196 valence electrons. The average molecular weight is 507 g/mol. The highest BCUT2D eigenvalue weighted by molar-refractivity contribution is 5.70. The highest BCUT2D eigenvalue weighted by Crippen LogP contribution is 2.40. The lowest BCUT2D eigenvalue weighted by Crippen LogP contribution is -2.28. The maximum absolute atomic E-state index is 13.5. The maximum atomic E-state index is 13.5. The molecule has 3 heterocycles. The Morgan fingerprint density at radius 1 is 1.06 bits per heavy atom. The van der Waals surface area contributed by atoms with E-state index in [1.165, 1.54) is 6.07 Å². The van der Waals surface area contributed by atoms with Crippen molar-refractivity contribution in [1.82, 2.24) is 9.78 Å². The fraction of sp³-hybridized carbons (Fsp3) is 0.519. The molecule has 0 bridgehead atoms. The molecule has 1 atom stereocenters. The first-order valence-corrected chi connectivity index (χ1v) is 12.1. The summed E-state index contributed by atoms with van der Waals surface area (Å²) in [7, 11) is 0. The van der Waals surface area contributed by atoms with Crippen LogP contribution in [-0.2, 0) is 22.9 Å². The summed E-state index contributed by atoms with van der Waals surface area (Å²) in [6.45, 7) is 10.5. The third kappa shape index (κ3) is 6.13. The van der Waals surface area contributed by atoms with Crippen LogP contribution in [0.25, 0.3) is 22.8 Å². The third-order valence-electron chi connectivity index (χ3n) is 5.96. The first-order chi connectivity index (χ1) is 16.7. The quantitative estimate of drug-likeness (QED) is 0.399. The molecular formula is C27H33F3N2O4. The lowest BCUT2D eigenvalue weighted by atomic mass is 9.92. The van der Waals surface area contributed by atoms with E-state index in [9.17, 15) is 18.3 Å². The van der Waals surface area contributed by atoms with E-state index in [0.29, 0.717) is 12.3 Å². The van der Waals surface area contributed by atoms with Crippen molar-refractivity contribution in [1.29, 1.82) is 0 Å². The van der Waals surface area contributed by atoms with Crippen LogP contribution in [0, 0.1) is 0 Å². The van der Waals surface area contributed by atoms with Gasteiger partial charge in [-0.3, -0.25) is 4.68 Å². The summed E-state index contributed by atoms with van der Waals surface area (Å²) < 4.78 is 59.9. The molecular weight excluding hydrogens is 473 g/mol. The van der Waals surface area contributed by atoms with E-state index < -0.39 is 17.3 Å². The summed E-state index contributed by atoms with van der Waals surface area (Å²) in [6.07, 6.45) is -2.53. The van der Waals surface area contributed by atoms with E-state index in [2.05, 4.69) is 20.8 Å². The molecule has 0 saturated carbocycles. The van der Waals surface area contributed by atoms with Gasteiger partial charge < -0.3 is 19.0 Å². The van der Waals surface area contributed by atoms with Gasteiger partial charge in [-0.05, 0) is 63.1 Å². The van der Waals surface area contributed by atoms with Crippen LogP contribution in [-0.4, -0.2) is 39.8 Å². The number of aliphatic hydroxyl groups is 1. The number of rotatable bonds is 7. The molecule has 1 aliphatic heterocycles. The van der Waals surface area contributed by atoms with Crippen molar-refractivity contribution < 1.29 is 32.2 Å². The van der Waals surface area contributed by atoms with Gasteiger partial charge >= 0.3 is 6.18 Å². The molecule has 0 aliphatic carbocycles. The minimum absolute atomic E-state index is 0.0520. The number of hydrogen-bond acceptors (Lipinski definition) is 5. The second-order valence-corrected chi connectivity index (χ2v) is 11.0. The Morgan fingerprint density at radius 2 is 1.78 bits per heavy atom. The average Bonchev–Trinajstić information content (AvgIpc) is 3.51. The van der Waals surface area contributed by atoms with Gasteiger partial charge in [-0.1, -0.05) is 20.8 Å². The highest BCUT2D eigenvalue weighted by atomic mass is 19.4. The van der Waals surface area contributed by atoms with Gasteiger partial charge in [0.2, 0.25) is 0 Å². The lowest BCUT2D eigenvalue weighted by Gasteiger charge is -2.20. The van der Waals surface area contributed by atoms with Crippen molar-refractivity contribution in [2.24, 2.45) is 0 Å². The molecule has 3 aromatic rings. The molecule has 4 rings (SSSR count). The molecule has 1 N–H and O–H groups in total. The smallest absolute Gasteiger partial charge is 0.416 e. The lowest BCUT2D eigenvalue weighted by molar-refractivity contribution is -0.137. The van der Waals surface area contributed by atoms with Gasteiger partial charge in [0.25, 0.3) is 0 Å². The summed E-state index contributed by atoms with van der Waals surface area (Å²) in [6, 6.07) is 8.53. The number of alkyl halides is 3. The Morgan fingerprint density at radius 3 is 2.39 bits per heavy atom. The van der Waals surface area contributed by atoms with Crippen LogP contribution in [0.3, 0.4) is 0 Å². The standard InChI is InChI=1S/C27H33F3N2O4/c1-25(2,3)24-14-20(32(31-24)15-18-7-6-12-34-18)23-11-10-22(36-23)19-13-17(27(28,29)30)8-9-21(19)35-16-26(4,5)33/h8-11,13-14,18,33H,6-7,12,15-16H2,1-5H3/t18-/m1/s1. The number of halogens is 3. The Balaban J connectivity index is 1.74. The third-order valence-corrected chi connectivity index (χ3v) is 5.96. The number of ether oxygens (including phenoxy) is 2. The van der Waals surface area contributed by atoms with E-state index in [0.717, 1.165) is 43.0 Å². The Kier molecular flexibility index (Phi) is 7.00. The van der Waals surface area contributed by atoms with Gasteiger partial charge in [-0.15, -0.1) is 0 Å². The fourth-order valence-electron chi connectivity index (χ4n) is 4.00. The van der Waals surface area contributed by atoms with Crippen LogP contribution in [0.15, 0.2) is 40.8 Å². The van der Waals surface area contributed by atoms with Crippen LogP contribution in [0.2, 0.25) is 0 Å². The summed E-state index contributed by atoms with van der Waals surface area (Å²) in [5, 5.41) is 14.8. The van der Waals surface area contributed by atoms with Gasteiger partial charge in [0, 0.05) is 12.0 Å². The van der Waals surface area contributed by atoms with Gasteiger partial charge in [0.15, 0.2) is 5.76 Å². The second kappa shape index (κ2) is 9.59. The maximum Gasteiger partial charge on any atom is 0.416 e. The molecule has 6 nitrogen and oxygen atoms in total. The zero-order valence-corrected chi connectivity index (χ0v) is 21.3. The van der Waals surface area contributed by atoms with Crippen molar-refractivity contribution in [3.05, 3.63) is 47.7 Å². The van der Waals surface area contributed by atoms with Crippen LogP contribution >= 0.6 is 0 Å². The summed E-state index contributed by atoms with van der Waals surface area (Å²) in [5.74, 6) is 0.898. The molecule has 1 saturated heterocycles. The second-order valence-electron chi connectivity index (χ2n) is 11.0. The zero-order valence-electron chi connectivity index (χ0n) is 21.3. The van der Waals surface area contributed by atoms with E-state index in [1.54, 1.807) is 26.0 Å². The molecule has 2 aromatic heterocycles. The summed E-state index contributed by atoms with van der Waals surface area (Å²) in [5.41, 5.74) is -0.419. The number of nitrogens with zero attached hydrogens (tertiary/aromatic N) is 2. The molecule has 9 heteroatoms. The van der Waals surface area contributed by atoms with Crippen molar-refractivity contribution in [3.63, 3.8) is 0 Å². The molecule has 1 aromatic carbocycles. The minimum atomic E-state index is -4.53. The van der Waals surface area contributed by atoms with E-state index in [-0.39, 0.29) is 35.2 Å². The zero-order chi connectivity index (χ0) is 26.3. The first-order valence-electron chi connectivity index (χ1n) is 12.1. The van der Waals surface area contributed by atoms with E-state index >= 15 is 0 Å². The van der Waals surface area contributed by atoms with Gasteiger partial charge in [-0.2, -0.15) is 18.3 Å². The van der Waals surface area contributed by atoms with E-state index in [4.69, 9.17) is 19.0 Å². The predicted molar refractivity (Wildman–Crippen MR) is 130 cm³/mol. The monoisotopic (exact) mass is 506 g/mol. The molecule has 0 spiro atoms. The van der Waals surface area contributed by atoms with Crippen molar-refractivity contribution in [2.45, 2.75) is 77.3 Å². The predicted octanol–water partition coefficient (Wildman–Crippen LogP) is 6.46. The van der Waals surface area contributed by atoms with Gasteiger partial charge in [0.1, 0.15) is 23.8 Å². The number of hydrogen-bond donors (Lipinski definition) is 1. The normalized spacial score (nSPS) is 17.1. The number of benzene rings is 1. The molecule has 1 fully saturated rings. The van der Waals surface area contributed by atoms with Crippen LogP contribution < -0.4 is 4.74 Å².